The SMILES string of the molecule is Cc1cccc(N(c2cccc(C)c2)c2cccc3c2c2ccccc2n3-c2ccc(-c3ccccn3)cc2)c1. The highest BCUT2D eigenvalue weighted by Gasteiger charge is 2.21. The van der Waals surface area contributed by atoms with E-state index in [4.69, 9.17) is 0 Å². The zero-order valence-electron chi connectivity index (χ0n) is 22.6. The minimum Gasteiger partial charge on any atom is -0.310 e. The molecular weight excluding hydrogens is 486 g/mol. The van der Waals surface area contributed by atoms with Crippen LogP contribution >= 0.6 is 0 Å². The van der Waals surface area contributed by atoms with Crippen molar-refractivity contribution in [3.8, 4) is 16.9 Å². The quantitative estimate of drug-likeness (QED) is 0.227. The van der Waals surface area contributed by atoms with E-state index >= 15 is 0 Å². The molecule has 0 N–H and O–H groups in total. The summed E-state index contributed by atoms with van der Waals surface area (Å²) in [5.41, 5.74) is 11.5. The van der Waals surface area contributed by atoms with Crippen LogP contribution in [0.3, 0.4) is 0 Å². The summed E-state index contributed by atoms with van der Waals surface area (Å²) in [5.74, 6) is 0. The van der Waals surface area contributed by atoms with E-state index < -0.39 is 0 Å². The topological polar surface area (TPSA) is 21.1 Å². The van der Waals surface area contributed by atoms with E-state index in [9.17, 15) is 0 Å². The summed E-state index contributed by atoms with van der Waals surface area (Å²) < 4.78 is 2.38. The maximum atomic E-state index is 4.53. The van der Waals surface area contributed by atoms with Gasteiger partial charge in [0.05, 0.1) is 22.4 Å². The summed E-state index contributed by atoms with van der Waals surface area (Å²) in [4.78, 5) is 6.92. The number of aromatic nitrogens is 2. The molecule has 0 radical (unpaired) electrons. The second-order valence-electron chi connectivity index (χ2n) is 10.3. The van der Waals surface area contributed by atoms with E-state index in [2.05, 4.69) is 144 Å². The Kier molecular flexibility index (Phi) is 5.90. The molecule has 5 aromatic carbocycles. The molecule has 0 aliphatic rings. The molecule has 0 amide bonds. The number of pyridine rings is 1. The number of para-hydroxylation sites is 1. The van der Waals surface area contributed by atoms with Crippen molar-refractivity contribution >= 4 is 38.9 Å². The third-order valence-electron chi connectivity index (χ3n) is 7.52. The van der Waals surface area contributed by atoms with Gasteiger partial charge in [0.2, 0.25) is 0 Å². The molecule has 3 nitrogen and oxygen atoms in total. The van der Waals surface area contributed by atoms with Gasteiger partial charge in [0, 0.05) is 39.6 Å². The van der Waals surface area contributed by atoms with Crippen LogP contribution < -0.4 is 4.90 Å². The third-order valence-corrected chi connectivity index (χ3v) is 7.52. The first-order valence-corrected chi connectivity index (χ1v) is 13.6. The first-order valence-electron chi connectivity index (χ1n) is 13.6. The summed E-state index contributed by atoms with van der Waals surface area (Å²) in [7, 11) is 0. The minimum absolute atomic E-state index is 0.977. The lowest BCUT2D eigenvalue weighted by molar-refractivity contribution is 1.18. The molecule has 2 heterocycles. The van der Waals surface area contributed by atoms with Gasteiger partial charge in [-0.05, 0) is 91.7 Å². The predicted octanol–water partition coefficient (Wildman–Crippen LogP) is 9.93. The molecule has 0 saturated carbocycles. The summed E-state index contributed by atoms with van der Waals surface area (Å²) in [6.07, 6.45) is 1.84. The van der Waals surface area contributed by atoms with Crippen molar-refractivity contribution in [3.05, 3.63) is 151 Å². The van der Waals surface area contributed by atoms with Gasteiger partial charge in [0.15, 0.2) is 0 Å². The lowest BCUT2D eigenvalue weighted by Gasteiger charge is -2.27. The molecule has 0 aliphatic carbocycles. The van der Waals surface area contributed by atoms with Crippen molar-refractivity contribution in [1.82, 2.24) is 9.55 Å². The van der Waals surface area contributed by atoms with E-state index in [1.165, 1.54) is 32.9 Å². The van der Waals surface area contributed by atoms with Crippen molar-refractivity contribution in [2.45, 2.75) is 13.8 Å². The van der Waals surface area contributed by atoms with Gasteiger partial charge >= 0.3 is 0 Å². The Morgan fingerprint density at radius 3 is 1.90 bits per heavy atom. The number of fused-ring (bicyclic) bond motifs is 3. The van der Waals surface area contributed by atoms with Gasteiger partial charge in [-0.1, -0.05) is 66.7 Å². The van der Waals surface area contributed by atoms with Crippen LogP contribution in [0.4, 0.5) is 17.1 Å². The van der Waals surface area contributed by atoms with Gasteiger partial charge in [-0.25, -0.2) is 0 Å². The number of aryl methyl sites for hydroxylation is 2. The number of hydrogen-bond donors (Lipinski definition) is 0. The largest absolute Gasteiger partial charge is 0.310 e. The second kappa shape index (κ2) is 9.87. The molecule has 0 fully saturated rings. The maximum Gasteiger partial charge on any atom is 0.0701 e. The van der Waals surface area contributed by atoms with E-state index in [-0.39, 0.29) is 0 Å². The van der Waals surface area contributed by atoms with E-state index in [1.807, 2.05) is 24.4 Å². The van der Waals surface area contributed by atoms with Crippen LogP contribution in [0.25, 0.3) is 38.8 Å². The lowest BCUT2D eigenvalue weighted by atomic mass is 10.1. The molecule has 2 aromatic heterocycles. The molecule has 3 heteroatoms. The van der Waals surface area contributed by atoms with Gasteiger partial charge in [-0.2, -0.15) is 0 Å². The summed E-state index contributed by atoms with van der Waals surface area (Å²) >= 11 is 0. The van der Waals surface area contributed by atoms with Crippen LogP contribution in [-0.2, 0) is 0 Å². The molecule has 0 spiro atoms. The van der Waals surface area contributed by atoms with Gasteiger partial charge in [0.1, 0.15) is 0 Å². The fourth-order valence-corrected chi connectivity index (χ4v) is 5.74. The summed E-state index contributed by atoms with van der Waals surface area (Å²) in [5, 5.41) is 2.46. The Labute approximate surface area is 234 Å². The number of nitrogens with zero attached hydrogens (tertiary/aromatic N) is 3. The minimum atomic E-state index is 0.977. The number of benzene rings is 5. The van der Waals surface area contributed by atoms with E-state index in [0.717, 1.165) is 34.0 Å². The van der Waals surface area contributed by atoms with Gasteiger partial charge in [0.25, 0.3) is 0 Å². The van der Waals surface area contributed by atoms with Gasteiger partial charge in [-0.15, -0.1) is 0 Å². The Morgan fingerprint density at radius 1 is 0.575 bits per heavy atom. The van der Waals surface area contributed by atoms with Crippen LogP contribution in [0.15, 0.2) is 140 Å². The van der Waals surface area contributed by atoms with Crippen molar-refractivity contribution in [2.24, 2.45) is 0 Å². The van der Waals surface area contributed by atoms with Gasteiger partial charge in [-0.3, -0.25) is 4.98 Å². The average Bonchev–Trinajstić information content (AvgIpc) is 3.33. The monoisotopic (exact) mass is 515 g/mol. The molecule has 0 saturated heterocycles. The maximum absolute atomic E-state index is 4.53. The number of hydrogen-bond acceptors (Lipinski definition) is 2. The first kappa shape index (κ1) is 23.9. The van der Waals surface area contributed by atoms with Crippen LogP contribution in [0.5, 0.6) is 0 Å². The van der Waals surface area contributed by atoms with Crippen molar-refractivity contribution < 1.29 is 0 Å². The van der Waals surface area contributed by atoms with E-state index in [0.29, 0.717) is 0 Å². The Bertz CT molecular complexity index is 1920. The molecule has 0 unspecified atom stereocenters. The summed E-state index contributed by atoms with van der Waals surface area (Å²) in [6, 6.07) is 47.6. The van der Waals surface area contributed by atoms with E-state index in [1.54, 1.807) is 0 Å². The zero-order chi connectivity index (χ0) is 27.1. The van der Waals surface area contributed by atoms with Crippen molar-refractivity contribution in [2.75, 3.05) is 4.90 Å². The zero-order valence-corrected chi connectivity index (χ0v) is 22.6. The highest BCUT2D eigenvalue weighted by atomic mass is 15.1. The first-order chi connectivity index (χ1) is 19.7. The molecule has 0 atom stereocenters. The molecule has 7 aromatic rings. The van der Waals surface area contributed by atoms with Crippen molar-refractivity contribution in [1.29, 1.82) is 0 Å². The Morgan fingerprint density at radius 2 is 1.23 bits per heavy atom. The molecule has 0 bridgehead atoms. The van der Waals surface area contributed by atoms with Crippen LogP contribution in [0.2, 0.25) is 0 Å². The Balaban J connectivity index is 1.48. The predicted molar refractivity (Wildman–Crippen MR) is 168 cm³/mol. The molecular formula is C37H29N3. The van der Waals surface area contributed by atoms with Crippen LogP contribution in [0, 0.1) is 13.8 Å². The van der Waals surface area contributed by atoms with Crippen molar-refractivity contribution in [3.63, 3.8) is 0 Å². The van der Waals surface area contributed by atoms with Gasteiger partial charge < -0.3 is 9.47 Å². The summed E-state index contributed by atoms with van der Waals surface area (Å²) in [6.45, 7) is 4.30. The smallest absolute Gasteiger partial charge is 0.0701 e. The Hall–Kier alpha value is -5.15. The molecule has 0 aliphatic heterocycles. The standard InChI is InChI=1S/C37H29N3/c1-26-10-7-12-30(24-26)39(31-13-8-11-27(2)25-31)35-17-9-18-36-37(35)32-14-3-4-16-34(32)40(36)29-21-19-28(20-22-29)33-15-5-6-23-38-33/h3-25H,1-2H3. The molecule has 192 valence electrons. The van der Waals surface area contributed by atoms with Crippen LogP contribution in [-0.4, -0.2) is 9.55 Å². The highest BCUT2D eigenvalue weighted by molar-refractivity contribution is 6.16. The molecule has 7 rings (SSSR count). The number of anilines is 3. The normalized spacial score (nSPS) is 11.2. The lowest BCUT2D eigenvalue weighted by Crippen LogP contribution is -2.10. The fourth-order valence-electron chi connectivity index (χ4n) is 5.74. The molecule has 40 heavy (non-hydrogen) atoms. The second-order valence-corrected chi connectivity index (χ2v) is 10.3. The van der Waals surface area contributed by atoms with Crippen LogP contribution in [0.1, 0.15) is 11.1 Å². The number of rotatable bonds is 5. The third kappa shape index (κ3) is 4.13. The average molecular weight is 516 g/mol. The fraction of sp³-hybridized carbons (Fsp3) is 0.0541. The highest BCUT2D eigenvalue weighted by Crippen LogP contribution is 2.44.